The number of nitrogens with zero attached hydrogens (tertiary/aromatic N) is 1. The van der Waals surface area contributed by atoms with Crippen LogP contribution in [0.5, 0.6) is 0 Å². The van der Waals surface area contributed by atoms with Gasteiger partial charge in [-0.25, -0.2) is 8.78 Å². The van der Waals surface area contributed by atoms with Crippen molar-refractivity contribution in [2.45, 2.75) is 12.8 Å². The molecular formula is C12H11F2NO2. The van der Waals surface area contributed by atoms with Gasteiger partial charge in [0.15, 0.2) is 5.78 Å². The van der Waals surface area contributed by atoms with E-state index in [9.17, 15) is 18.4 Å². The minimum atomic E-state index is -0.887. The Morgan fingerprint density at radius 1 is 1.35 bits per heavy atom. The minimum absolute atomic E-state index is 0.0964. The molecule has 5 heteroatoms. The first-order chi connectivity index (χ1) is 8.08. The van der Waals surface area contributed by atoms with Crippen LogP contribution >= 0.6 is 0 Å². The lowest BCUT2D eigenvalue weighted by Gasteiger charge is -2.14. The number of halogens is 2. The molecule has 17 heavy (non-hydrogen) atoms. The van der Waals surface area contributed by atoms with Crippen molar-refractivity contribution in [2.75, 3.05) is 13.1 Å². The van der Waals surface area contributed by atoms with E-state index in [0.29, 0.717) is 19.0 Å². The largest absolute Gasteiger partial charge is 0.335 e. The fraction of sp³-hybridized carbons (Fsp3) is 0.333. The molecule has 90 valence electrons. The molecule has 0 atom stereocenters. The number of carbonyl (C=O) groups is 2. The van der Waals surface area contributed by atoms with Crippen molar-refractivity contribution < 1.29 is 18.4 Å². The Balaban J connectivity index is 2.11. The van der Waals surface area contributed by atoms with E-state index in [0.717, 1.165) is 18.6 Å². The average Bonchev–Trinajstić information content (AvgIpc) is 2.64. The number of benzene rings is 1. The molecule has 1 aliphatic heterocycles. The number of carbonyl (C=O) groups excluding carboxylic acids is 2. The summed E-state index contributed by atoms with van der Waals surface area (Å²) < 4.78 is 26.0. The van der Waals surface area contributed by atoms with E-state index in [1.165, 1.54) is 4.90 Å². The molecule has 1 amide bonds. The summed E-state index contributed by atoms with van der Waals surface area (Å²) in [6.07, 6.45) is 1.15. The van der Waals surface area contributed by atoms with Crippen LogP contribution < -0.4 is 0 Å². The molecule has 0 unspecified atom stereocenters. The van der Waals surface area contributed by atoms with Crippen LogP contribution in [0.2, 0.25) is 0 Å². The van der Waals surface area contributed by atoms with Gasteiger partial charge >= 0.3 is 0 Å². The molecule has 1 aromatic rings. The molecule has 1 saturated heterocycles. The van der Waals surface area contributed by atoms with Gasteiger partial charge in [0, 0.05) is 19.0 Å². The van der Waals surface area contributed by atoms with Crippen molar-refractivity contribution in [3.63, 3.8) is 0 Å². The van der Waals surface area contributed by atoms with Crippen molar-refractivity contribution in [1.82, 2.24) is 4.90 Å². The van der Waals surface area contributed by atoms with Gasteiger partial charge < -0.3 is 4.90 Å². The summed E-state index contributed by atoms with van der Waals surface area (Å²) in [4.78, 5) is 24.4. The standard InChI is InChI=1S/C12H11F2NO2/c13-8-3-4-9(10(14)6-8)11(16)7-15-5-1-2-12(15)17/h3-4,6H,1-2,5,7H2. The number of amides is 1. The SMILES string of the molecule is O=C(CN1CCCC1=O)c1ccc(F)cc1F. The fourth-order valence-corrected chi connectivity index (χ4v) is 1.85. The number of likely N-dealkylation sites (tertiary alicyclic amines) is 1. The van der Waals surface area contributed by atoms with Gasteiger partial charge in [0.2, 0.25) is 5.91 Å². The minimum Gasteiger partial charge on any atom is -0.335 e. The Morgan fingerprint density at radius 2 is 2.12 bits per heavy atom. The zero-order valence-electron chi connectivity index (χ0n) is 9.08. The monoisotopic (exact) mass is 239 g/mol. The molecule has 0 aliphatic carbocycles. The second-order valence-electron chi connectivity index (χ2n) is 3.97. The topological polar surface area (TPSA) is 37.4 Å². The Kier molecular flexibility index (Phi) is 3.17. The molecule has 0 radical (unpaired) electrons. The maximum absolute atomic E-state index is 13.3. The van der Waals surface area contributed by atoms with Gasteiger partial charge in [-0.15, -0.1) is 0 Å². The van der Waals surface area contributed by atoms with Gasteiger partial charge in [-0.1, -0.05) is 0 Å². The molecule has 2 rings (SSSR count). The first-order valence-corrected chi connectivity index (χ1v) is 5.34. The summed E-state index contributed by atoms with van der Waals surface area (Å²) >= 11 is 0. The van der Waals surface area contributed by atoms with Crippen molar-refractivity contribution in [1.29, 1.82) is 0 Å². The maximum atomic E-state index is 13.3. The number of hydrogen-bond acceptors (Lipinski definition) is 2. The Hall–Kier alpha value is -1.78. The zero-order chi connectivity index (χ0) is 12.4. The maximum Gasteiger partial charge on any atom is 0.223 e. The highest BCUT2D eigenvalue weighted by atomic mass is 19.1. The number of rotatable bonds is 3. The average molecular weight is 239 g/mol. The van der Waals surface area contributed by atoms with Crippen LogP contribution in [0.1, 0.15) is 23.2 Å². The third-order valence-electron chi connectivity index (χ3n) is 2.74. The number of ketones is 1. The summed E-state index contributed by atoms with van der Waals surface area (Å²) in [6.45, 7) is 0.384. The summed E-state index contributed by atoms with van der Waals surface area (Å²) in [5.41, 5.74) is -0.175. The first-order valence-electron chi connectivity index (χ1n) is 5.34. The van der Waals surface area contributed by atoms with Crippen molar-refractivity contribution in [2.24, 2.45) is 0 Å². The predicted octanol–water partition coefficient (Wildman–Crippen LogP) is 1.77. The molecule has 0 spiro atoms. The lowest BCUT2D eigenvalue weighted by Crippen LogP contribution is -2.31. The second kappa shape index (κ2) is 4.61. The first kappa shape index (κ1) is 11.7. The van der Waals surface area contributed by atoms with E-state index < -0.39 is 17.4 Å². The van der Waals surface area contributed by atoms with Crippen LogP contribution in [0.3, 0.4) is 0 Å². The van der Waals surface area contributed by atoms with E-state index in [2.05, 4.69) is 0 Å². The van der Waals surface area contributed by atoms with Crippen molar-refractivity contribution in [3.8, 4) is 0 Å². The van der Waals surface area contributed by atoms with Gasteiger partial charge in [0.05, 0.1) is 12.1 Å². The molecule has 1 fully saturated rings. The molecule has 0 aromatic heterocycles. The Morgan fingerprint density at radius 3 is 2.71 bits per heavy atom. The van der Waals surface area contributed by atoms with Crippen molar-refractivity contribution in [3.05, 3.63) is 35.4 Å². The highest BCUT2D eigenvalue weighted by molar-refractivity contribution is 5.99. The lowest BCUT2D eigenvalue weighted by molar-refractivity contribution is -0.127. The fourth-order valence-electron chi connectivity index (χ4n) is 1.85. The smallest absolute Gasteiger partial charge is 0.223 e. The third kappa shape index (κ3) is 2.49. The van der Waals surface area contributed by atoms with E-state index >= 15 is 0 Å². The van der Waals surface area contributed by atoms with Gasteiger partial charge in [-0.2, -0.15) is 0 Å². The van der Waals surface area contributed by atoms with E-state index in [1.807, 2.05) is 0 Å². The van der Waals surface area contributed by atoms with Crippen LogP contribution in [-0.4, -0.2) is 29.7 Å². The third-order valence-corrected chi connectivity index (χ3v) is 2.74. The lowest BCUT2D eigenvalue weighted by atomic mass is 10.1. The van der Waals surface area contributed by atoms with Crippen LogP contribution in [0.15, 0.2) is 18.2 Å². The van der Waals surface area contributed by atoms with Gasteiger partial charge in [0.1, 0.15) is 11.6 Å². The highest BCUT2D eigenvalue weighted by Gasteiger charge is 2.24. The Labute approximate surface area is 97.0 Å². The normalized spacial score (nSPS) is 15.4. The molecule has 1 aromatic carbocycles. The molecule has 0 bridgehead atoms. The van der Waals surface area contributed by atoms with Crippen LogP contribution in [-0.2, 0) is 4.79 Å². The van der Waals surface area contributed by atoms with Gasteiger partial charge in [-0.05, 0) is 18.6 Å². The summed E-state index contributed by atoms with van der Waals surface area (Å²) in [7, 11) is 0. The zero-order valence-corrected chi connectivity index (χ0v) is 9.08. The molecule has 1 heterocycles. The number of hydrogen-bond donors (Lipinski definition) is 0. The summed E-state index contributed by atoms with van der Waals surface area (Å²) in [5, 5.41) is 0. The van der Waals surface area contributed by atoms with Crippen LogP contribution in [0.25, 0.3) is 0 Å². The number of Topliss-reactive ketones (excluding diaryl/α,β-unsaturated/α-hetero) is 1. The molecule has 3 nitrogen and oxygen atoms in total. The molecule has 1 aliphatic rings. The molecular weight excluding hydrogens is 228 g/mol. The van der Waals surface area contributed by atoms with E-state index in [1.54, 1.807) is 0 Å². The van der Waals surface area contributed by atoms with E-state index in [4.69, 9.17) is 0 Å². The predicted molar refractivity (Wildman–Crippen MR) is 56.5 cm³/mol. The van der Waals surface area contributed by atoms with Crippen LogP contribution in [0, 0.1) is 11.6 Å². The van der Waals surface area contributed by atoms with Crippen LogP contribution in [0.4, 0.5) is 8.78 Å². The van der Waals surface area contributed by atoms with Gasteiger partial charge in [-0.3, -0.25) is 9.59 Å². The highest BCUT2D eigenvalue weighted by Crippen LogP contribution is 2.14. The summed E-state index contributed by atoms with van der Waals surface area (Å²) in [6, 6.07) is 2.80. The van der Waals surface area contributed by atoms with Gasteiger partial charge in [0.25, 0.3) is 0 Å². The quantitative estimate of drug-likeness (QED) is 0.754. The summed E-state index contributed by atoms with van der Waals surface area (Å²) in [5.74, 6) is -2.21. The van der Waals surface area contributed by atoms with E-state index in [-0.39, 0.29) is 18.0 Å². The molecule has 0 saturated carbocycles. The second-order valence-corrected chi connectivity index (χ2v) is 3.97. The Bertz CT molecular complexity index is 474. The molecule has 0 N–H and O–H groups in total. The van der Waals surface area contributed by atoms with Crippen molar-refractivity contribution >= 4 is 11.7 Å².